The normalized spacial score (nSPS) is 8.57. The Morgan fingerprint density at radius 1 is 1.50 bits per heavy atom. The van der Waals surface area contributed by atoms with Gasteiger partial charge in [-0.05, 0) is 12.1 Å². The molecule has 3 nitrogen and oxygen atoms in total. The second-order valence-electron chi connectivity index (χ2n) is 2.69. The highest BCUT2D eigenvalue weighted by Crippen LogP contribution is 2.01. The van der Waals surface area contributed by atoms with Crippen LogP contribution in [0.25, 0.3) is 0 Å². The number of benzene rings is 1. The Kier molecular flexibility index (Phi) is 3.45. The quantitative estimate of drug-likeness (QED) is 0.548. The predicted octanol–water partition coefficient (Wildman–Crippen LogP) is 0.726. The van der Waals surface area contributed by atoms with E-state index in [0.717, 1.165) is 6.29 Å². The van der Waals surface area contributed by atoms with Crippen LogP contribution in [0.15, 0.2) is 24.3 Å². The first-order valence-corrected chi connectivity index (χ1v) is 4.05. The van der Waals surface area contributed by atoms with Crippen molar-refractivity contribution in [1.82, 2.24) is 0 Å². The Morgan fingerprint density at radius 3 is 2.93 bits per heavy atom. The molecule has 3 heteroatoms. The molecule has 0 aliphatic rings. The minimum absolute atomic E-state index is 0.0331. The SMILES string of the molecule is NC(=O)CC#Cc1cccc(C=O)c1. The lowest BCUT2D eigenvalue weighted by molar-refractivity contribution is -0.117. The van der Waals surface area contributed by atoms with Crippen molar-refractivity contribution in [3.63, 3.8) is 0 Å². The Bertz CT molecular complexity index is 413. The smallest absolute Gasteiger partial charge is 0.229 e. The van der Waals surface area contributed by atoms with Crippen molar-refractivity contribution in [2.24, 2.45) is 5.73 Å². The molecule has 0 aromatic heterocycles. The topological polar surface area (TPSA) is 60.2 Å². The number of amides is 1. The van der Waals surface area contributed by atoms with Crippen LogP contribution >= 0.6 is 0 Å². The lowest BCUT2D eigenvalue weighted by atomic mass is 10.1. The second kappa shape index (κ2) is 4.83. The van der Waals surface area contributed by atoms with Crippen LogP contribution in [0.4, 0.5) is 0 Å². The van der Waals surface area contributed by atoms with E-state index in [1.54, 1.807) is 24.3 Å². The van der Waals surface area contributed by atoms with Gasteiger partial charge in [-0.25, -0.2) is 0 Å². The van der Waals surface area contributed by atoms with Gasteiger partial charge < -0.3 is 5.73 Å². The maximum atomic E-state index is 10.4. The van der Waals surface area contributed by atoms with Crippen LogP contribution in [0, 0.1) is 11.8 Å². The van der Waals surface area contributed by atoms with Gasteiger partial charge >= 0.3 is 0 Å². The third-order valence-electron chi connectivity index (χ3n) is 1.52. The number of primary amides is 1. The summed E-state index contributed by atoms with van der Waals surface area (Å²) in [5.41, 5.74) is 6.19. The van der Waals surface area contributed by atoms with Crippen LogP contribution in [-0.4, -0.2) is 12.2 Å². The molecule has 0 atom stereocenters. The molecule has 14 heavy (non-hydrogen) atoms. The summed E-state index contributed by atoms with van der Waals surface area (Å²) < 4.78 is 0. The zero-order valence-corrected chi connectivity index (χ0v) is 7.49. The number of carbonyl (C=O) groups excluding carboxylic acids is 2. The van der Waals surface area contributed by atoms with E-state index in [0.29, 0.717) is 11.1 Å². The van der Waals surface area contributed by atoms with Crippen LogP contribution in [-0.2, 0) is 4.79 Å². The van der Waals surface area contributed by atoms with Gasteiger partial charge in [-0.15, -0.1) is 0 Å². The van der Waals surface area contributed by atoms with E-state index in [-0.39, 0.29) is 6.42 Å². The Hall–Kier alpha value is -2.08. The van der Waals surface area contributed by atoms with Gasteiger partial charge in [-0.2, -0.15) is 0 Å². The van der Waals surface area contributed by atoms with E-state index in [1.165, 1.54) is 0 Å². The predicted molar refractivity (Wildman–Crippen MR) is 52.5 cm³/mol. The molecular formula is C11H9NO2. The summed E-state index contributed by atoms with van der Waals surface area (Å²) in [6, 6.07) is 6.84. The molecule has 1 rings (SSSR count). The van der Waals surface area contributed by atoms with Gasteiger partial charge in [0.05, 0.1) is 6.42 Å². The first-order valence-electron chi connectivity index (χ1n) is 4.05. The summed E-state index contributed by atoms with van der Waals surface area (Å²) in [5.74, 6) is 4.90. The standard InChI is InChI=1S/C11H9NO2/c12-11(14)6-2-4-9-3-1-5-10(7-9)8-13/h1,3,5,7-8H,6H2,(H2,12,14). The van der Waals surface area contributed by atoms with Gasteiger partial charge in [0.1, 0.15) is 6.29 Å². The van der Waals surface area contributed by atoms with Crippen LogP contribution < -0.4 is 5.73 Å². The summed E-state index contributed by atoms with van der Waals surface area (Å²) in [5, 5.41) is 0. The van der Waals surface area contributed by atoms with Crippen LogP contribution in [0.5, 0.6) is 0 Å². The largest absolute Gasteiger partial charge is 0.369 e. The molecule has 1 amide bonds. The summed E-state index contributed by atoms with van der Waals surface area (Å²) >= 11 is 0. The van der Waals surface area contributed by atoms with Crippen molar-refractivity contribution >= 4 is 12.2 Å². The van der Waals surface area contributed by atoms with E-state index in [2.05, 4.69) is 11.8 Å². The fourth-order valence-electron chi connectivity index (χ4n) is 0.923. The lowest BCUT2D eigenvalue weighted by Crippen LogP contribution is -2.08. The average Bonchev–Trinajstić information content (AvgIpc) is 2.18. The maximum absolute atomic E-state index is 10.4. The van der Waals surface area contributed by atoms with Crippen molar-refractivity contribution in [2.45, 2.75) is 6.42 Å². The first kappa shape index (κ1) is 10.0. The average molecular weight is 187 g/mol. The molecular weight excluding hydrogens is 178 g/mol. The molecule has 0 aliphatic heterocycles. The number of rotatable bonds is 2. The Morgan fingerprint density at radius 2 is 2.29 bits per heavy atom. The summed E-state index contributed by atoms with van der Waals surface area (Å²) in [6.45, 7) is 0. The highest BCUT2D eigenvalue weighted by atomic mass is 16.1. The van der Waals surface area contributed by atoms with E-state index in [1.807, 2.05) is 0 Å². The highest BCUT2D eigenvalue weighted by Gasteiger charge is 1.91. The van der Waals surface area contributed by atoms with E-state index in [9.17, 15) is 9.59 Å². The summed E-state index contributed by atoms with van der Waals surface area (Å²) in [4.78, 5) is 20.8. The van der Waals surface area contributed by atoms with Crippen LogP contribution in [0.2, 0.25) is 0 Å². The Balaban J connectivity index is 2.79. The monoisotopic (exact) mass is 187 g/mol. The molecule has 0 saturated carbocycles. The van der Waals surface area contributed by atoms with Crippen molar-refractivity contribution in [3.8, 4) is 11.8 Å². The van der Waals surface area contributed by atoms with E-state index < -0.39 is 5.91 Å². The number of nitrogens with two attached hydrogens (primary N) is 1. The Labute approximate surface area is 81.9 Å². The molecule has 0 fully saturated rings. The molecule has 0 saturated heterocycles. The second-order valence-corrected chi connectivity index (χ2v) is 2.69. The molecule has 0 bridgehead atoms. The van der Waals surface area contributed by atoms with E-state index in [4.69, 9.17) is 5.73 Å². The number of hydrogen-bond acceptors (Lipinski definition) is 2. The summed E-state index contributed by atoms with van der Waals surface area (Å²) in [7, 11) is 0. The van der Waals surface area contributed by atoms with Gasteiger partial charge in [0.15, 0.2) is 0 Å². The molecule has 1 aromatic rings. The van der Waals surface area contributed by atoms with Crippen LogP contribution in [0.1, 0.15) is 22.3 Å². The minimum Gasteiger partial charge on any atom is -0.369 e. The molecule has 0 aliphatic carbocycles. The van der Waals surface area contributed by atoms with Gasteiger partial charge in [0.25, 0.3) is 0 Å². The van der Waals surface area contributed by atoms with Crippen molar-refractivity contribution < 1.29 is 9.59 Å². The minimum atomic E-state index is -0.455. The van der Waals surface area contributed by atoms with Gasteiger partial charge in [0.2, 0.25) is 5.91 Å². The van der Waals surface area contributed by atoms with Gasteiger partial charge in [0, 0.05) is 11.1 Å². The van der Waals surface area contributed by atoms with Crippen molar-refractivity contribution in [3.05, 3.63) is 35.4 Å². The van der Waals surface area contributed by atoms with E-state index >= 15 is 0 Å². The van der Waals surface area contributed by atoms with Crippen molar-refractivity contribution in [2.75, 3.05) is 0 Å². The van der Waals surface area contributed by atoms with Gasteiger partial charge in [-0.3, -0.25) is 9.59 Å². The van der Waals surface area contributed by atoms with Crippen LogP contribution in [0.3, 0.4) is 0 Å². The number of carbonyl (C=O) groups is 2. The molecule has 1 aromatic carbocycles. The maximum Gasteiger partial charge on any atom is 0.229 e. The third-order valence-corrected chi connectivity index (χ3v) is 1.52. The zero-order chi connectivity index (χ0) is 10.4. The summed E-state index contributed by atoms with van der Waals surface area (Å²) in [6.07, 6.45) is 0.782. The number of hydrogen-bond donors (Lipinski definition) is 1. The molecule has 0 spiro atoms. The zero-order valence-electron chi connectivity index (χ0n) is 7.49. The molecule has 0 radical (unpaired) electrons. The lowest BCUT2D eigenvalue weighted by Gasteiger charge is -1.90. The fraction of sp³-hybridized carbons (Fsp3) is 0.0909. The first-order chi connectivity index (χ1) is 6.72. The molecule has 70 valence electrons. The third kappa shape index (κ3) is 3.11. The number of aldehydes is 1. The van der Waals surface area contributed by atoms with Crippen molar-refractivity contribution in [1.29, 1.82) is 0 Å². The van der Waals surface area contributed by atoms with Gasteiger partial charge in [-0.1, -0.05) is 24.0 Å². The highest BCUT2D eigenvalue weighted by molar-refractivity contribution is 5.77. The molecule has 0 heterocycles. The molecule has 2 N–H and O–H groups in total. The molecule has 0 unspecified atom stereocenters. The fourth-order valence-corrected chi connectivity index (χ4v) is 0.923.